The van der Waals surface area contributed by atoms with Crippen LogP contribution in [0.25, 0.3) is 0 Å². The molecule has 1 aliphatic rings. The number of halogens is 2. The first kappa shape index (κ1) is 15.5. The zero-order valence-corrected chi connectivity index (χ0v) is 12.7. The van der Waals surface area contributed by atoms with Gasteiger partial charge in [-0.25, -0.2) is 0 Å². The summed E-state index contributed by atoms with van der Waals surface area (Å²) in [6, 6.07) is 7.99. The van der Waals surface area contributed by atoms with Crippen LogP contribution in [0.2, 0.25) is 0 Å². The van der Waals surface area contributed by atoms with Crippen molar-refractivity contribution < 1.29 is 4.79 Å². The SMILES string of the molecule is CC(NC(=O)[C@@H]1CCCN1)c1ccccc1Br.Cl. The van der Waals surface area contributed by atoms with Crippen LogP contribution in [0.3, 0.4) is 0 Å². The molecule has 2 atom stereocenters. The minimum Gasteiger partial charge on any atom is -0.348 e. The maximum Gasteiger partial charge on any atom is 0.237 e. The summed E-state index contributed by atoms with van der Waals surface area (Å²) >= 11 is 3.50. The fourth-order valence-corrected chi connectivity index (χ4v) is 2.75. The highest BCUT2D eigenvalue weighted by molar-refractivity contribution is 9.10. The molecule has 0 spiro atoms. The lowest BCUT2D eigenvalue weighted by Gasteiger charge is -2.18. The number of hydrogen-bond acceptors (Lipinski definition) is 2. The second-order valence-corrected chi connectivity index (χ2v) is 5.26. The number of carbonyl (C=O) groups is 1. The zero-order chi connectivity index (χ0) is 12.3. The summed E-state index contributed by atoms with van der Waals surface area (Å²) in [7, 11) is 0. The summed E-state index contributed by atoms with van der Waals surface area (Å²) in [6.07, 6.45) is 2.02. The van der Waals surface area contributed by atoms with E-state index in [9.17, 15) is 4.79 Å². The van der Waals surface area contributed by atoms with Crippen LogP contribution >= 0.6 is 28.3 Å². The number of nitrogens with one attached hydrogen (secondary N) is 2. The van der Waals surface area contributed by atoms with Crippen molar-refractivity contribution >= 4 is 34.2 Å². The van der Waals surface area contributed by atoms with Crippen LogP contribution in [-0.4, -0.2) is 18.5 Å². The van der Waals surface area contributed by atoms with Crippen molar-refractivity contribution in [2.45, 2.75) is 31.8 Å². The third-order valence-corrected chi connectivity index (χ3v) is 3.83. The summed E-state index contributed by atoms with van der Waals surface area (Å²) < 4.78 is 1.03. The second-order valence-electron chi connectivity index (χ2n) is 4.40. The van der Waals surface area contributed by atoms with Crippen molar-refractivity contribution in [3.05, 3.63) is 34.3 Å². The lowest BCUT2D eigenvalue weighted by atomic mass is 10.1. The Kier molecular flexibility index (Phi) is 6.12. The van der Waals surface area contributed by atoms with Gasteiger partial charge in [-0.1, -0.05) is 34.1 Å². The molecule has 1 heterocycles. The number of hydrogen-bond donors (Lipinski definition) is 2. The van der Waals surface area contributed by atoms with Gasteiger partial charge >= 0.3 is 0 Å². The van der Waals surface area contributed by atoms with E-state index in [0.29, 0.717) is 0 Å². The van der Waals surface area contributed by atoms with Crippen molar-refractivity contribution in [1.82, 2.24) is 10.6 Å². The van der Waals surface area contributed by atoms with Crippen LogP contribution in [0.15, 0.2) is 28.7 Å². The molecule has 1 fully saturated rings. The molecule has 1 saturated heterocycles. The fourth-order valence-electron chi connectivity index (χ4n) is 2.13. The Morgan fingerprint density at radius 1 is 1.50 bits per heavy atom. The minimum absolute atomic E-state index is 0. The molecular formula is C13H18BrClN2O. The summed E-state index contributed by atoms with van der Waals surface area (Å²) in [5, 5.41) is 6.25. The van der Waals surface area contributed by atoms with Gasteiger partial charge in [-0.2, -0.15) is 0 Å². The highest BCUT2D eigenvalue weighted by atomic mass is 79.9. The molecule has 0 radical (unpaired) electrons. The first-order valence-electron chi connectivity index (χ1n) is 5.96. The predicted molar refractivity (Wildman–Crippen MR) is 79.0 cm³/mol. The molecule has 1 unspecified atom stereocenters. The van der Waals surface area contributed by atoms with Crippen molar-refractivity contribution in [1.29, 1.82) is 0 Å². The summed E-state index contributed by atoms with van der Waals surface area (Å²) in [5.74, 6) is 0.103. The van der Waals surface area contributed by atoms with Gasteiger partial charge in [0.2, 0.25) is 5.91 Å². The molecule has 0 aliphatic carbocycles. The molecule has 1 aromatic rings. The largest absolute Gasteiger partial charge is 0.348 e. The van der Waals surface area contributed by atoms with Crippen LogP contribution in [0, 0.1) is 0 Å². The van der Waals surface area contributed by atoms with Crippen LogP contribution in [0.1, 0.15) is 31.4 Å². The zero-order valence-electron chi connectivity index (χ0n) is 10.3. The van der Waals surface area contributed by atoms with Gasteiger partial charge in [0.1, 0.15) is 0 Å². The fraction of sp³-hybridized carbons (Fsp3) is 0.462. The molecular weight excluding hydrogens is 316 g/mol. The van der Waals surface area contributed by atoms with Crippen molar-refractivity contribution in [2.75, 3.05) is 6.54 Å². The Hall–Kier alpha value is -0.580. The number of carbonyl (C=O) groups excluding carboxylic acids is 1. The van der Waals surface area contributed by atoms with E-state index in [2.05, 4.69) is 26.6 Å². The van der Waals surface area contributed by atoms with Crippen molar-refractivity contribution in [3.63, 3.8) is 0 Å². The lowest BCUT2D eigenvalue weighted by molar-refractivity contribution is -0.123. The van der Waals surface area contributed by atoms with E-state index in [1.54, 1.807) is 0 Å². The molecule has 3 nitrogen and oxygen atoms in total. The molecule has 0 saturated carbocycles. The maximum absolute atomic E-state index is 12.0. The molecule has 2 N–H and O–H groups in total. The van der Waals surface area contributed by atoms with Crippen molar-refractivity contribution in [2.24, 2.45) is 0 Å². The van der Waals surface area contributed by atoms with E-state index in [1.807, 2.05) is 31.2 Å². The first-order chi connectivity index (χ1) is 8.18. The second kappa shape index (κ2) is 7.12. The highest BCUT2D eigenvalue weighted by Crippen LogP contribution is 2.22. The minimum atomic E-state index is -0.0139. The summed E-state index contributed by atoms with van der Waals surface area (Å²) in [6.45, 7) is 2.95. The average molecular weight is 334 g/mol. The molecule has 0 aromatic heterocycles. The monoisotopic (exact) mass is 332 g/mol. The molecule has 2 rings (SSSR count). The van der Waals surface area contributed by atoms with Gasteiger partial charge in [-0.15, -0.1) is 12.4 Å². The van der Waals surface area contributed by atoms with E-state index < -0.39 is 0 Å². The van der Waals surface area contributed by atoms with Gasteiger partial charge in [0, 0.05) is 4.47 Å². The third kappa shape index (κ3) is 3.70. The Labute approximate surface area is 122 Å². The Morgan fingerprint density at radius 3 is 2.83 bits per heavy atom. The lowest BCUT2D eigenvalue weighted by Crippen LogP contribution is -2.41. The molecule has 1 aliphatic heterocycles. The van der Waals surface area contributed by atoms with E-state index in [0.717, 1.165) is 29.4 Å². The topological polar surface area (TPSA) is 41.1 Å². The normalized spacial score (nSPS) is 20.0. The van der Waals surface area contributed by atoms with Gasteiger partial charge < -0.3 is 10.6 Å². The standard InChI is InChI=1S/C13H17BrN2O.ClH/c1-9(10-5-2-3-6-11(10)14)16-13(17)12-7-4-8-15-12;/h2-3,5-6,9,12,15H,4,7-8H2,1H3,(H,16,17);1H/t9?,12-;/m0./s1. The molecule has 100 valence electrons. The van der Waals surface area contributed by atoms with Crippen LogP contribution in [0.5, 0.6) is 0 Å². The Morgan fingerprint density at radius 2 is 2.22 bits per heavy atom. The maximum atomic E-state index is 12.0. The molecule has 1 amide bonds. The van der Waals surface area contributed by atoms with Gasteiger partial charge in [0.05, 0.1) is 12.1 Å². The Balaban J connectivity index is 0.00000162. The molecule has 5 heteroatoms. The third-order valence-electron chi connectivity index (χ3n) is 3.11. The van der Waals surface area contributed by atoms with Gasteiger partial charge in [0.15, 0.2) is 0 Å². The number of amides is 1. The first-order valence-corrected chi connectivity index (χ1v) is 6.76. The molecule has 18 heavy (non-hydrogen) atoms. The van der Waals surface area contributed by atoms with Crippen molar-refractivity contribution in [3.8, 4) is 0 Å². The van der Waals surface area contributed by atoms with Gasteiger partial charge in [-0.05, 0) is 37.9 Å². The van der Waals surface area contributed by atoms with Crippen LogP contribution in [0.4, 0.5) is 0 Å². The van der Waals surface area contributed by atoms with E-state index in [-0.39, 0.29) is 30.4 Å². The van der Waals surface area contributed by atoms with E-state index in [4.69, 9.17) is 0 Å². The summed E-state index contributed by atoms with van der Waals surface area (Å²) in [5.41, 5.74) is 1.11. The quantitative estimate of drug-likeness (QED) is 0.893. The average Bonchev–Trinajstić information content (AvgIpc) is 2.82. The van der Waals surface area contributed by atoms with Crippen LogP contribution in [-0.2, 0) is 4.79 Å². The Bertz CT molecular complexity index is 408. The van der Waals surface area contributed by atoms with Gasteiger partial charge in [-0.3, -0.25) is 4.79 Å². The molecule has 0 bridgehead atoms. The smallest absolute Gasteiger partial charge is 0.237 e. The molecule has 1 aromatic carbocycles. The van der Waals surface area contributed by atoms with E-state index >= 15 is 0 Å². The predicted octanol–water partition coefficient (Wildman–Crippen LogP) is 2.80. The van der Waals surface area contributed by atoms with E-state index in [1.165, 1.54) is 0 Å². The summed E-state index contributed by atoms with van der Waals surface area (Å²) in [4.78, 5) is 12.0. The number of rotatable bonds is 3. The number of benzene rings is 1. The van der Waals surface area contributed by atoms with Crippen LogP contribution < -0.4 is 10.6 Å². The van der Waals surface area contributed by atoms with Gasteiger partial charge in [0.25, 0.3) is 0 Å². The highest BCUT2D eigenvalue weighted by Gasteiger charge is 2.23.